The third-order valence-electron chi connectivity index (χ3n) is 6.96. The Hall–Kier alpha value is -3.20. The van der Waals surface area contributed by atoms with Gasteiger partial charge in [-0.1, -0.05) is 72.8 Å². The first-order valence-corrected chi connectivity index (χ1v) is 14.8. The van der Waals surface area contributed by atoms with Crippen LogP contribution < -0.4 is 4.72 Å². The number of carbonyl (C=O) groups is 1. The summed E-state index contributed by atoms with van der Waals surface area (Å²) in [6, 6.07) is 26.6. The smallest absolute Gasteiger partial charge is 0.235 e. The first kappa shape index (κ1) is 27.8. The molecule has 0 aromatic heterocycles. The molecule has 0 radical (unpaired) electrons. The van der Waals surface area contributed by atoms with Crippen LogP contribution in [0.1, 0.15) is 48.4 Å². The Morgan fingerprint density at radius 3 is 2.03 bits per heavy atom. The number of likely N-dealkylation sites (tertiary alicyclic amines) is 1. The third-order valence-corrected chi connectivity index (χ3v) is 8.43. The van der Waals surface area contributed by atoms with Gasteiger partial charge >= 0.3 is 0 Å². The molecule has 3 aromatic carbocycles. The molecule has 7 nitrogen and oxygen atoms in total. The molecule has 1 aliphatic heterocycles. The predicted molar refractivity (Wildman–Crippen MR) is 151 cm³/mol. The fourth-order valence-corrected chi connectivity index (χ4v) is 6.34. The quantitative estimate of drug-likeness (QED) is 0.384. The van der Waals surface area contributed by atoms with Gasteiger partial charge in [0.2, 0.25) is 15.9 Å². The van der Waals surface area contributed by atoms with Crippen molar-refractivity contribution in [2.75, 3.05) is 37.2 Å². The molecule has 1 amide bonds. The highest BCUT2D eigenvalue weighted by atomic mass is 32.2. The highest BCUT2D eigenvalue weighted by molar-refractivity contribution is 7.92. The number of carbonyl (C=O) groups excluding carboxylic acids is 1. The Morgan fingerprint density at radius 2 is 1.47 bits per heavy atom. The van der Waals surface area contributed by atoms with E-state index < -0.39 is 22.0 Å². The molecule has 1 saturated heterocycles. The van der Waals surface area contributed by atoms with Crippen LogP contribution in [-0.4, -0.2) is 67.8 Å². The standard InChI is InChI=1S/C30H37N3O4S/c1-23(34)22-38(36,37)31-27-17-11-16-26(20-27)28(21-33-18-9-10-19-33)32(2)30(35)29(24-12-5-3-6-13-24)25-14-7-4-8-15-25/h3-8,11-17,20,23,28-29,31,34H,9-10,18-19,21-22H2,1-2H3. The summed E-state index contributed by atoms with van der Waals surface area (Å²) in [4.78, 5) is 18.4. The van der Waals surface area contributed by atoms with Crippen LogP contribution in [0.4, 0.5) is 5.69 Å². The Bertz CT molecular complexity index is 1250. The summed E-state index contributed by atoms with van der Waals surface area (Å²) in [5, 5.41) is 9.57. The number of hydrogen-bond acceptors (Lipinski definition) is 5. The molecule has 2 N–H and O–H groups in total. The predicted octanol–water partition coefficient (Wildman–Crippen LogP) is 4.24. The number of sulfonamides is 1. The van der Waals surface area contributed by atoms with E-state index >= 15 is 0 Å². The molecule has 1 aliphatic rings. The highest BCUT2D eigenvalue weighted by Crippen LogP contribution is 2.32. The normalized spacial score (nSPS) is 15.8. The number of rotatable bonds is 11. The summed E-state index contributed by atoms with van der Waals surface area (Å²) in [6.45, 7) is 4.04. The fraction of sp³-hybridized carbons (Fsp3) is 0.367. The second-order valence-electron chi connectivity index (χ2n) is 10.1. The zero-order valence-electron chi connectivity index (χ0n) is 22.0. The van der Waals surface area contributed by atoms with E-state index in [9.17, 15) is 18.3 Å². The topological polar surface area (TPSA) is 89.9 Å². The number of likely N-dealkylation sites (N-methyl/N-ethyl adjacent to an activating group) is 1. The number of benzene rings is 3. The molecule has 4 rings (SSSR count). The van der Waals surface area contributed by atoms with Crippen molar-refractivity contribution >= 4 is 21.6 Å². The van der Waals surface area contributed by atoms with Gasteiger partial charge in [0.05, 0.1) is 23.8 Å². The van der Waals surface area contributed by atoms with Crippen molar-refractivity contribution in [1.82, 2.24) is 9.80 Å². The first-order valence-electron chi connectivity index (χ1n) is 13.1. The molecule has 38 heavy (non-hydrogen) atoms. The van der Waals surface area contributed by atoms with Crippen LogP contribution in [0, 0.1) is 0 Å². The maximum atomic E-state index is 14.2. The van der Waals surface area contributed by atoms with E-state index in [0.29, 0.717) is 12.2 Å². The van der Waals surface area contributed by atoms with Crippen molar-refractivity contribution in [2.45, 2.75) is 37.8 Å². The van der Waals surface area contributed by atoms with Gasteiger partial charge in [-0.05, 0) is 61.7 Å². The Balaban J connectivity index is 1.68. The molecule has 3 aromatic rings. The molecule has 1 fully saturated rings. The molecular formula is C30H37N3O4S. The van der Waals surface area contributed by atoms with Crippen molar-refractivity contribution in [3.63, 3.8) is 0 Å². The minimum absolute atomic E-state index is 0.0216. The number of hydrogen-bond donors (Lipinski definition) is 2. The van der Waals surface area contributed by atoms with Crippen LogP contribution in [0.2, 0.25) is 0 Å². The third kappa shape index (κ3) is 7.22. The average molecular weight is 536 g/mol. The summed E-state index contributed by atoms with van der Waals surface area (Å²) < 4.78 is 27.5. The summed E-state index contributed by atoms with van der Waals surface area (Å²) in [6.07, 6.45) is 1.27. The van der Waals surface area contributed by atoms with Crippen molar-refractivity contribution < 1.29 is 18.3 Å². The molecule has 0 spiro atoms. The van der Waals surface area contributed by atoms with Crippen LogP contribution >= 0.6 is 0 Å². The van der Waals surface area contributed by atoms with Gasteiger partial charge in [0.15, 0.2) is 0 Å². The average Bonchev–Trinajstić information content (AvgIpc) is 3.41. The van der Waals surface area contributed by atoms with Crippen LogP contribution in [0.25, 0.3) is 0 Å². The van der Waals surface area contributed by atoms with E-state index in [0.717, 1.165) is 42.6 Å². The van der Waals surface area contributed by atoms with Crippen molar-refractivity contribution in [3.05, 3.63) is 102 Å². The van der Waals surface area contributed by atoms with Crippen molar-refractivity contribution in [2.24, 2.45) is 0 Å². The number of aliphatic hydroxyl groups excluding tert-OH is 1. The summed E-state index contributed by atoms with van der Waals surface area (Å²) in [5.41, 5.74) is 3.12. The van der Waals surface area contributed by atoms with Crippen LogP contribution in [0.15, 0.2) is 84.9 Å². The molecule has 8 heteroatoms. The molecule has 202 valence electrons. The number of anilines is 1. The minimum atomic E-state index is -3.71. The lowest BCUT2D eigenvalue weighted by Gasteiger charge is -2.35. The lowest BCUT2D eigenvalue weighted by molar-refractivity contribution is -0.133. The lowest BCUT2D eigenvalue weighted by atomic mass is 9.89. The molecule has 1 heterocycles. The van der Waals surface area contributed by atoms with E-state index in [1.165, 1.54) is 6.92 Å². The maximum Gasteiger partial charge on any atom is 0.235 e. The van der Waals surface area contributed by atoms with Crippen LogP contribution in [0.3, 0.4) is 0 Å². The van der Waals surface area contributed by atoms with E-state index in [1.807, 2.05) is 78.7 Å². The summed E-state index contributed by atoms with van der Waals surface area (Å²) >= 11 is 0. The monoisotopic (exact) mass is 535 g/mol. The number of nitrogens with zero attached hydrogens (tertiary/aromatic N) is 2. The van der Waals surface area contributed by atoms with Gasteiger partial charge in [-0.25, -0.2) is 8.42 Å². The number of aliphatic hydroxyl groups is 1. The van der Waals surface area contributed by atoms with E-state index in [-0.39, 0.29) is 17.7 Å². The molecule has 0 bridgehead atoms. The molecular weight excluding hydrogens is 498 g/mol. The zero-order valence-corrected chi connectivity index (χ0v) is 22.8. The highest BCUT2D eigenvalue weighted by Gasteiger charge is 2.32. The van der Waals surface area contributed by atoms with Gasteiger partial charge in [0, 0.05) is 19.3 Å². The van der Waals surface area contributed by atoms with Gasteiger partial charge in [0.1, 0.15) is 0 Å². The van der Waals surface area contributed by atoms with Gasteiger partial charge in [-0.15, -0.1) is 0 Å². The Morgan fingerprint density at radius 1 is 0.921 bits per heavy atom. The van der Waals surface area contributed by atoms with Crippen molar-refractivity contribution in [1.29, 1.82) is 0 Å². The maximum absolute atomic E-state index is 14.2. The van der Waals surface area contributed by atoms with E-state index in [4.69, 9.17) is 0 Å². The van der Waals surface area contributed by atoms with Gasteiger partial charge < -0.3 is 14.9 Å². The molecule has 2 atom stereocenters. The van der Waals surface area contributed by atoms with Crippen molar-refractivity contribution in [3.8, 4) is 0 Å². The number of nitrogens with one attached hydrogen (secondary N) is 1. The largest absolute Gasteiger partial charge is 0.392 e. The SMILES string of the molecule is CC(O)CS(=O)(=O)Nc1cccc(C(CN2CCCC2)N(C)C(=O)C(c2ccccc2)c2ccccc2)c1. The summed E-state index contributed by atoms with van der Waals surface area (Å²) in [7, 11) is -1.87. The Labute approximate surface area is 226 Å². The van der Waals surface area contributed by atoms with Crippen LogP contribution in [0.5, 0.6) is 0 Å². The van der Waals surface area contributed by atoms with Crippen LogP contribution in [-0.2, 0) is 14.8 Å². The molecule has 0 aliphatic carbocycles. The minimum Gasteiger partial charge on any atom is -0.392 e. The molecule has 0 saturated carbocycles. The summed E-state index contributed by atoms with van der Waals surface area (Å²) in [5.74, 6) is -0.870. The first-order chi connectivity index (χ1) is 18.2. The zero-order chi connectivity index (χ0) is 27.1. The Kier molecular flexibility index (Phi) is 9.20. The van der Waals surface area contributed by atoms with E-state index in [2.05, 4.69) is 9.62 Å². The second-order valence-corrected chi connectivity index (χ2v) is 11.9. The lowest BCUT2D eigenvalue weighted by Crippen LogP contribution is -2.41. The number of amides is 1. The van der Waals surface area contributed by atoms with Gasteiger partial charge in [-0.2, -0.15) is 0 Å². The van der Waals surface area contributed by atoms with E-state index in [1.54, 1.807) is 18.2 Å². The van der Waals surface area contributed by atoms with Gasteiger partial charge in [-0.3, -0.25) is 9.52 Å². The fourth-order valence-electron chi connectivity index (χ4n) is 5.14. The second kappa shape index (κ2) is 12.6. The van der Waals surface area contributed by atoms with Gasteiger partial charge in [0.25, 0.3) is 0 Å². The molecule has 2 unspecified atom stereocenters.